The summed E-state index contributed by atoms with van der Waals surface area (Å²) in [5.41, 5.74) is 1.38. The number of ether oxygens (including phenoxy) is 2. The summed E-state index contributed by atoms with van der Waals surface area (Å²) < 4.78 is 10.5. The lowest BCUT2D eigenvalue weighted by molar-refractivity contribution is -0.117. The Labute approximate surface area is 147 Å². The molecule has 6 heteroatoms. The van der Waals surface area contributed by atoms with Gasteiger partial charge in [-0.25, -0.2) is 0 Å². The molecule has 0 fully saturated rings. The second kappa shape index (κ2) is 8.73. The molecule has 25 heavy (non-hydrogen) atoms. The first-order valence-electron chi connectivity index (χ1n) is 7.90. The van der Waals surface area contributed by atoms with Gasteiger partial charge in [-0.3, -0.25) is 9.59 Å². The molecule has 0 atom stereocenters. The van der Waals surface area contributed by atoms with Gasteiger partial charge in [-0.2, -0.15) is 0 Å². The Morgan fingerprint density at radius 2 is 1.68 bits per heavy atom. The van der Waals surface area contributed by atoms with Crippen LogP contribution in [0.3, 0.4) is 0 Å². The van der Waals surface area contributed by atoms with Crippen LogP contribution >= 0.6 is 0 Å². The van der Waals surface area contributed by atoms with Crippen LogP contribution in [0.15, 0.2) is 48.5 Å². The number of nitrogens with zero attached hydrogens (tertiary/aromatic N) is 1. The number of carbonyl (C=O) groups is 2. The van der Waals surface area contributed by atoms with Crippen molar-refractivity contribution in [2.75, 3.05) is 31.0 Å². The maximum atomic E-state index is 12.1. The summed E-state index contributed by atoms with van der Waals surface area (Å²) in [6.07, 6.45) is 0.183. The number of hydrogen-bond acceptors (Lipinski definition) is 4. The van der Waals surface area contributed by atoms with Crippen LogP contribution in [0, 0.1) is 0 Å². The lowest BCUT2D eigenvalue weighted by Gasteiger charge is -2.22. The number of anilines is 2. The highest BCUT2D eigenvalue weighted by atomic mass is 16.5. The fourth-order valence-corrected chi connectivity index (χ4v) is 2.42. The molecule has 0 heterocycles. The average molecular weight is 342 g/mol. The summed E-state index contributed by atoms with van der Waals surface area (Å²) >= 11 is 0. The van der Waals surface area contributed by atoms with Gasteiger partial charge < -0.3 is 19.7 Å². The monoisotopic (exact) mass is 342 g/mol. The number of nitrogens with one attached hydrogen (secondary N) is 1. The van der Waals surface area contributed by atoms with Crippen LogP contribution in [-0.2, 0) is 9.59 Å². The molecule has 6 nitrogen and oxygen atoms in total. The molecule has 0 aliphatic rings. The predicted molar refractivity (Wildman–Crippen MR) is 97.3 cm³/mol. The normalized spacial score (nSPS) is 10.0. The average Bonchev–Trinajstić information content (AvgIpc) is 2.62. The van der Waals surface area contributed by atoms with Gasteiger partial charge >= 0.3 is 0 Å². The zero-order valence-corrected chi connectivity index (χ0v) is 14.6. The summed E-state index contributed by atoms with van der Waals surface area (Å²) in [6, 6.07) is 14.4. The molecule has 2 amide bonds. The molecule has 0 aliphatic heterocycles. The molecule has 0 spiro atoms. The highest BCUT2D eigenvalue weighted by molar-refractivity contribution is 5.95. The Morgan fingerprint density at radius 3 is 2.28 bits per heavy atom. The Morgan fingerprint density at radius 1 is 1.00 bits per heavy atom. The Balaban J connectivity index is 2.06. The van der Waals surface area contributed by atoms with Crippen molar-refractivity contribution in [2.45, 2.75) is 13.3 Å². The van der Waals surface area contributed by atoms with Crippen LogP contribution in [0.25, 0.3) is 0 Å². The standard InChI is InChI=1S/C19H22N2O4/c1-14(22)21(16-9-10-17(24-2)18(13-16)25-3)12-11-19(23)20-15-7-5-4-6-8-15/h4-10,13H,11-12H2,1-3H3,(H,20,23). The second-order valence-electron chi connectivity index (χ2n) is 5.37. The van der Waals surface area contributed by atoms with Crippen LogP contribution in [-0.4, -0.2) is 32.6 Å². The van der Waals surface area contributed by atoms with Gasteiger partial charge in [-0.15, -0.1) is 0 Å². The van der Waals surface area contributed by atoms with Crippen LogP contribution in [0.5, 0.6) is 11.5 Å². The lowest BCUT2D eigenvalue weighted by Crippen LogP contribution is -2.32. The minimum Gasteiger partial charge on any atom is -0.493 e. The molecule has 2 rings (SSSR count). The van der Waals surface area contributed by atoms with Crippen molar-refractivity contribution in [3.8, 4) is 11.5 Å². The fourth-order valence-electron chi connectivity index (χ4n) is 2.42. The molecular formula is C19H22N2O4. The van der Waals surface area contributed by atoms with Gasteiger partial charge in [-0.05, 0) is 24.3 Å². The van der Waals surface area contributed by atoms with Crippen molar-refractivity contribution in [3.05, 3.63) is 48.5 Å². The summed E-state index contributed by atoms with van der Waals surface area (Å²) in [7, 11) is 3.08. The van der Waals surface area contributed by atoms with Gasteiger partial charge in [0.15, 0.2) is 11.5 Å². The van der Waals surface area contributed by atoms with E-state index in [1.54, 1.807) is 25.3 Å². The third-order valence-corrected chi connectivity index (χ3v) is 3.68. The quantitative estimate of drug-likeness (QED) is 0.840. The van der Waals surface area contributed by atoms with E-state index in [-0.39, 0.29) is 24.8 Å². The molecule has 2 aromatic rings. The largest absolute Gasteiger partial charge is 0.493 e. The number of amides is 2. The zero-order chi connectivity index (χ0) is 18.2. The fraction of sp³-hybridized carbons (Fsp3) is 0.263. The number of para-hydroxylation sites is 1. The Hall–Kier alpha value is -3.02. The summed E-state index contributed by atoms with van der Waals surface area (Å²) in [5.74, 6) is 0.800. The van der Waals surface area contributed by atoms with Crippen molar-refractivity contribution in [1.29, 1.82) is 0 Å². The van der Waals surface area contributed by atoms with Gasteiger partial charge in [0.05, 0.1) is 14.2 Å². The van der Waals surface area contributed by atoms with Gasteiger partial charge in [0.2, 0.25) is 11.8 Å². The number of hydrogen-bond donors (Lipinski definition) is 1. The van der Waals surface area contributed by atoms with Crippen molar-refractivity contribution < 1.29 is 19.1 Å². The smallest absolute Gasteiger partial charge is 0.226 e. The molecule has 0 aliphatic carbocycles. The van der Waals surface area contributed by atoms with Gasteiger partial charge in [-0.1, -0.05) is 18.2 Å². The zero-order valence-electron chi connectivity index (χ0n) is 14.6. The summed E-state index contributed by atoms with van der Waals surface area (Å²) in [5, 5.41) is 2.81. The van der Waals surface area contributed by atoms with E-state index in [0.717, 1.165) is 5.69 Å². The van der Waals surface area contributed by atoms with E-state index in [4.69, 9.17) is 9.47 Å². The molecule has 0 saturated carbocycles. The van der Waals surface area contributed by atoms with Crippen LogP contribution in [0.2, 0.25) is 0 Å². The van der Waals surface area contributed by atoms with Crippen molar-refractivity contribution in [1.82, 2.24) is 0 Å². The minimum atomic E-state index is -0.155. The second-order valence-corrected chi connectivity index (χ2v) is 5.37. The molecule has 132 valence electrons. The summed E-state index contributed by atoms with van der Waals surface area (Å²) in [6.45, 7) is 1.73. The third kappa shape index (κ3) is 4.97. The van der Waals surface area contributed by atoms with E-state index in [1.165, 1.54) is 18.9 Å². The molecule has 0 unspecified atom stereocenters. The van der Waals surface area contributed by atoms with Crippen LogP contribution in [0.1, 0.15) is 13.3 Å². The topological polar surface area (TPSA) is 67.9 Å². The molecule has 0 aromatic heterocycles. The third-order valence-electron chi connectivity index (χ3n) is 3.68. The first-order valence-corrected chi connectivity index (χ1v) is 7.90. The molecule has 2 aromatic carbocycles. The van der Waals surface area contributed by atoms with Crippen LogP contribution < -0.4 is 19.7 Å². The number of carbonyl (C=O) groups excluding carboxylic acids is 2. The molecule has 0 saturated heterocycles. The van der Waals surface area contributed by atoms with E-state index < -0.39 is 0 Å². The molecule has 0 bridgehead atoms. The number of rotatable bonds is 7. The SMILES string of the molecule is COc1ccc(N(CCC(=O)Nc2ccccc2)C(C)=O)cc1OC. The molecule has 1 N–H and O–H groups in total. The van der Waals surface area contributed by atoms with Crippen LogP contribution in [0.4, 0.5) is 11.4 Å². The maximum absolute atomic E-state index is 12.1. The first kappa shape index (κ1) is 18.3. The Bertz CT molecular complexity index is 731. The van der Waals surface area contributed by atoms with E-state index >= 15 is 0 Å². The van der Waals surface area contributed by atoms with E-state index in [1.807, 2.05) is 30.3 Å². The van der Waals surface area contributed by atoms with Gasteiger partial charge in [0, 0.05) is 37.3 Å². The first-order chi connectivity index (χ1) is 12.0. The minimum absolute atomic E-state index is 0.153. The molecule has 0 radical (unpaired) electrons. The highest BCUT2D eigenvalue weighted by Gasteiger charge is 2.16. The van der Waals surface area contributed by atoms with Gasteiger partial charge in [0.25, 0.3) is 0 Å². The number of benzene rings is 2. The van der Waals surface area contributed by atoms with Gasteiger partial charge in [0.1, 0.15) is 0 Å². The highest BCUT2D eigenvalue weighted by Crippen LogP contribution is 2.31. The Kier molecular flexibility index (Phi) is 6.39. The van der Waals surface area contributed by atoms with Crippen molar-refractivity contribution >= 4 is 23.2 Å². The maximum Gasteiger partial charge on any atom is 0.226 e. The van der Waals surface area contributed by atoms with Crippen molar-refractivity contribution in [3.63, 3.8) is 0 Å². The predicted octanol–water partition coefficient (Wildman–Crippen LogP) is 3.09. The van der Waals surface area contributed by atoms with E-state index in [9.17, 15) is 9.59 Å². The number of methoxy groups -OCH3 is 2. The van der Waals surface area contributed by atoms with E-state index in [0.29, 0.717) is 17.2 Å². The lowest BCUT2D eigenvalue weighted by atomic mass is 10.2. The molecular weight excluding hydrogens is 320 g/mol. The van der Waals surface area contributed by atoms with E-state index in [2.05, 4.69) is 5.32 Å². The summed E-state index contributed by atoms with van der Waals surface area (Å²) in [4.78, 5) is 25.6. The van der Waals surface area contributed by atoms with Crippen molar-refractivity contribution in [2.24, 2.45) is 0 Å².